The number of rotatable bonds is 3. The molecule has 5 nitrogen and oxygen atoms in total. The zero-order chi connectivity index (χ0) is 13.5. The maximum atomic E-state index is 12.2. The first kappa shape index (κ1) is 13.6. The summed E-state index contributed by atoms with van der Waals surface area (Å²) >= 11 is 4.51. The molecule has 0 bridgehead atoms. The fourth-order valence-corrected chi connectivity index (χ4v) is 4.76. The zero-order valence-corrected chi connectivity index (χ0v) is 13.3. The predicted molar refractivity (Wildman–Crippen MR) is 75.5 cm³/mol. The molecule has 0 aromatic carbocycles. The summed E-state index contributed by atoms with van der Waals surface area (Å²) < 4.78 is 29.5. The van der Waals surface area contributed by atoms with Crippen molar-refractivity contribution in [3.05, 3.63) is 27.2 Å². The predicted octanol–water partition coefficient (Wildman–Crippen LogP) is 2.66. The molecule has 0 aliphatic heterocycles. The summed E-state index contributed by atoms with van der Waals surface area (Å²) in [6, 6.07) is 3.33. The number of aryl methyl sites for hydroxylation is 3. The highest BCUT2D eigenvalue weighted by Crippen LogP contribution is 2.31. The van der Waals surface area contributed by atoms with Crippen molar-refractivity contribution in [1.29, 1.82) is 0 Å². The van der Waals surface area contributed by atoms with Crippen molar-refractivity contribution < 1.29 is 8.42 Å². The Balaban J connectivity index is 2.35. The molecular formula is C10H12BrN3O2S2. The van der Waals surface area contributed by atoms with Gasteiger partial charge in [0.25, 0.3) is 10.0 Å². The van der Waals surface area contributed by atoms with E-state index >= 15 is 0 Å². The Morgan fingerprint density at radius 3 is 2.50 bits per heavy atom. The third kappa shape index (κ3) is 2.60. The molecule has 0 radical (unpaired) electrons. The summed E-state index contributed by atoms with van der Waals surface area (Å²) in [6.45, 7) is 3.66. The molecule has 0 fully saturated rings. The lowest BCUT2D eigenvalue weighted by atomic mass is 10.4. The van der Waals surface area contributed by atoms with E-state index in [9.17, 15) is 8.42 Å². The minimum atomic E-state index is -3.55. The van der Waals surface area contributed by atoms with Crippen molar-refractivity contribution in [2.24, 2.45) is 7.05 Å². The lowest BCUT2D eigenvalue weighted by Crippen LogP contribution is -2.14. The average Bonchev–Trinajstić information content (AvgIpc) is 2.72. The Hall–Kier alpha value is -0.860. The topological polar surface area (TPSA) is 64.0 Å². The molecule has 1 N–H and O–H groups in total. The van der Waals surface area contributed by atoms with Gasteiger partial charge in [-0.15, -0.1) is 11.3 Å². The summed E-state index contributed by atoms with van der Waals surface area (Å²) in [5.41, 5.74) is 1.67. The third-order valence-electron chi connectivity index (χ3n) is 2.34. The van der Waals surface area contributed by atoms with Gasteiger partial charge in [0, 0.05) is 13.1 Å². The first-order valence-electron chi connectivity index (χ1n) is 5.09. The van der Waals surface area contributed by atoms with Crippen LogP contribution < -0.4 is 4.72 Å². The van der Waals surface area contributed by atoms with Crippen LogP contribution >= 0.6 is 27.3 Å². The Morgan fingerprint density at radius 2 is 2.06 bits per heavy atom. The van der Waals surface area contributed by atoms with Crippen molar-refractivity contribution in [3.63, 3.8) is 0 Å². The van der Waals surface area contributed by atoms with Gasteiger partial charge in [0.05, 0.1) is 9.48 Å². The monoisotopic (exact) mass is 349 g/mol. The SMILES string of the molecule is Cc1cc(NS(=O)(=O)c2cc(C)c(Br)s2)n(C)n1. The standard InChI is InChI=1S/C10H12BrN3O2S2/c1-6-4-9(17-10(6)11)18(15,16)13-8-5-7(2)12-14(8)3/h4-5,13H,1-3H3. The second kappa shape index (κ2) is 4.67. The van der Waals surface area contributed by atoms with Crippen molar-refractivity contribution >= 4 is 43.1 Å². The van der Waals surface area contributed by atoms with Gasteiger partial charge in [-0.1, -0.05) is 0 Å². The van der Waals surface area contributed by atoms with E-state index in [1.165, 1.54) is 16.0 Å². The maximum Gasteiger partial charge on any atom is 0.272 e. The molecule has 2 rings (SSSR count). The number of thiophene rings is 1. The molecule has 0 saturated carbocycles. The van der Waals surface area contributed by atoms with Gasteiger partial charge in [0.1, 0.15) is 10.0 Å². The summed E-state index contributed by atoms with van der Waals surface area (Å²) in [6.07, 6.45) is 0. The van der Waals surface area contributed by atoms with E-state index in [0.717, 1.165) is 15.0 Å². The Bertz CT molecular complexity index is 669. The van der Waals surface area contributed by atoms with Gasteiger partial charge in [0.2, 0.25) is 0 Å². The molecule has 0 aliphatic carbocycles. The summed E-state index contributed by atoms with van der Waals surface area (Å²) in [5, 5.41) is 4.10. The van der Waals surface area contributed by atoms with Crippen molar-refractivity contribution in [1.82, 2.24) is 9.78 Å². The molecule has 98 valence electrons. The fourth-order valence-electron chi connectivity index (χ4n) is 1.46. The largest absolute Gasteiger partial charge is 0.272 e. The van der Waals surface area contributed by atoms with Gasteiger partial charge in [-0.25, -0.2) is 8.42 Å². The normalized spacial score (nSPS) is 11.8. The van der Waals surface area contributed by atoms with Gasteiger partial charge in [-0.2, -0.15) is 5.10 Å². The average molecular weight is 350 g/mol. The number of hydrogen-bond acceptors (Lipinski definition) is 4. The molecule has 2 aromatic heterocycles. The molecule has 0 amide bonds. The van der Waals surface area contributed by atoms with E-state index in [1.54, 1.807) is 19.2 Å². The van der Waals surface area contributed by atoms with Crippen LogP contribution in [0.1, 0.15) is 11.3 Å². The number of halogens is 1. The molecule has 0 unspecified atom stereocenters. The van der Waals surface area contributed by atoms with Gasteiger partial charge < -0.3 is 0 Å². The highest BCUT2D eigenvalue weighted by Gasteiger charge is 2.19. The van der Waals surface area contributed by atoms with Crippen LogP contribution in [0.5, 0.6) is 0 Å². The number of anilines is 1. The molecule has 18 heavy (non-hydrogen) atoms. The van der Waals surface area contributed by atoms with Crippen LogP contribution in [-0.4, -0.2) is 18.2 Å². The molecule has 2 heterocycles. The first-order chi connectivity index (χ1) is 8.29. The molecule has 0 saturated heterocycles. The van der Waals surface area contributed by atoms with E-state index in [1.807, 2.05) is 13.8 Å². The van der Waals surface area contributed by atoms with E-state index in [-0.39, 0.29) is 4.21 Å². The molecule has 0 atom stereocenters. The number of nitrogens with one attached hydrogen (secondary N) is 1. The van der Waals surface area contributed by atoms with E-state index in [2.05, 4.69) is 25.8 Å². The lowest BCUT2D eigenvalue weighted by molar-refractivity contribution is 0.602. The van der Waals surface area contributed by atoms with Gasteiger partial charge in [0.15, 0.2) is 0 Å². The molecule has 0 aliphatic rings. The van der Waals surface area contributed by atoms with E-state index in [4.69, 9.17) is 0 Å². The van der Waals surface area contributed by atoms with Crippen molar-refractivity contribution in [2.75, 3.05) is 4.72 Å². The smallest absolute Gasteiger partial charge is 0.263 e. The third-order valence-corrected chi connectivity index (χ3v) is 6.31. The highest BCUT2D eigenvalue weighted by molar-refractivity contribution is 9.11. The number of nitrogens with zero attached hydrogens (tertiary/aromatic N) is 2. The second-order valence-electron chi connectivity index (χ2n) is 3.92. The zero-order valence-electron chi connectivity index (χ0n) is 10.1. The Labute approximate surface area is 118 Å². The lowest BCUT2D eigenvalue weighted by Gasteiger charge is -2.05. The van der Waals surface area contributed by atoms with Crippen LogP contribution in [0.3, 0.4) is 0 Å². The summed E-state index contributed by atoms with van der Waals surface area (Å²) in [4.78, 5) is 0. The molecular weight excluding hydrogens is 338 g/mol. The minimum Gasteiger partial charge on any atom is -0.263 e. The Kier molecular flexibility index (Phi) is 3.52. The fraction of sp³-hybridized carbons (Fsp3) is 0.300. The first-order valence-corrected chi connectivity index (χ1v) is 8.18. The molecule has 2 aromatic rings. The van der Waals surface area contributed by atoms with Crippen LogP contribution in [0.2, 0.25) is 0 Å². The maximum absolute atomic E-state index is 12.2. The van der Waals surface area contributed by atoms with Crippen LogP contribution in [0, 0.1) is 13.8 Å². The number of hydrogen-bond donors (Lipinski definition) is 1. The van der Waals surface area contributed by atoms with Crippen molar-refractivity contribution in [2.45, 2.75) is 18.1 Å². The summed E-state index contributed by atoms with van der Waals surface area (Å²) in [5.74, 6) is 0.453. The molecule has 0 spiro atoms. The van der Waals surface area contributed by atoms with Crippen molar-refractivity contribution in [3.8, 4) is 0 Å². The van der Waals surface area contributed by atoms with Gasteiger partial charge >= 0.3 is 0 Å². The Morgan fingerprint density at radius 1 is 1.39 bits per heavy atom. The quantitative estimate of drug-likeness (QED) is 0.926. The van der Waals surface area contributed by atoms with Crippen LogP contribution in [-0.2, 0) is 17.1 Å². The number of aromatic nitrogens is 2. The highest BCUT2D eigenvalue weighted by atomic mass is 79.9. The summed E-state index contributed by atoms with van der Waals surface area (Å²) in [7, 11) is -1.85. The minimum absolute atomic E-state index is 0.283. The molecule has 8 heteroatoms. The van der Waals surface area contributed by atoms with E-state index < -0.39 is 10.0 Å². The van der Waals surface area contributed by atoms with E-state index in [0.29, 0.717) is 5.82 Å². The number of sulfonamides is 1. The van der Waals surface area contributed by atoms with Crippen LogP contribution in [0.15, 0.2) is 20.1 Å². The van der Waals surface area contributed by atoms with Crippen LogP contribution in [0.25, 0.3) is 0 Å². The van der Waals surface area contributed by atoms with Gasteiger partial charge in [-0.3, -0.25) is 9.40 Å². The van der Waals surface area contributed by atoms with Crippen LogP contribution in [0.4, 0.5) is 5.82 Å². The second-order valence-corrected chi connectivity index (χ2v) is 8.20. The van der Waals surface area contributed by atoms with Gasteiger partial charge in [-0.05, 0) is 41.4 Å².